The van der Waals surface area contributed by atoms with Gasteiger partial charge in [0.25, 0.3) is 0 Å². The Morgan fingerprint density at radius 1 is 1.03 bits per heavy atom. The van der Waals surface area contributed by atoms with E-state index in [1.807, 2.05) is 13.8 Å². The van der Waals surface area contributed by atoms with Crippen LogP contribution in [0, 0.1) is 5.92 Å². The molecule has 1 fully saturated rings. The van der Waals surface area contributed by atoms with E-state index in [-0.39, 0.29) is 12.5 Å². The van der Waals surface area contributed by atoms with Crippen molar-refractivity contribution in [3.8, 4) is 11.5 Å². The summed E-state index contributed by atoms with van der Waals surface area (Å²) >= 11 is 0. The van der Waals surface area contributed by atoms with Crippen LogP contribution >= 0.6 is 0 Å². The minimum Gasteiger partial charge on any atom is -0.493 e. The van der Waals surface area contributed by atoms with E-state index in [1.165, 1.54) is 17.5 Å². The van der Waals surface area contributed by atoms with Crippen LogP contribution in [0.5, 0.6) is 11.5 Å². The maximum atomic E-state index is 9.14. The monoisotopic (exact) mass is 453 g/mol. The summed E-state index contributed by atoms with van der Waals surface area (Å²) in [4.78, 5) is 2.48. The second-order valence-corrected chi connectivity index (χ2v) is 8.30. The van der Waals surface area contributed by atoms with Crippen LogP contribution in [0.1, 0.15) is 71.4 Å². The molecule has 0 radical (unpaired) electrons. The van der Waals surface area contributed by atoms with Gasteiger partial charge >= 0.3 is 0 Å². The van der Waals surface area contributed by atoms with Crippen LogP contribution in [0.4, 0.5) is 0 Å². The number of benzene rings is 1. The van der Waals surface area contributed by atoms with E-state index < -0.39 is 5.79 Å². The van der Waals surface area contributed by atoms with Crippen molar-refractivity contribution < 1.29 is 24.1 Å². The fraction of sp³-hybridized carbons (Fsp3) is 0.769. The summed E-state index contributed by atoms with van der Waals surface area (Å²) in [5, 5.41) is 9.14. The van der Waals surface area contributed by atoms with Gasteiger partial charge in [0.2, 0.25) is 0 Å². The van der Waals surface area contributed by atoms with Gasteiger partial charge in [0.15, 0.2) is 17.3 Å². The van der Waals surface area contributed by atoms with E-state index in [9.17, 15) is 0 Å². The topological polar surface area (TPSA) is 60.4 Å². The summed E-state index contributed by atoms with van der Waals surface area (Å²) in [5.74, 6) is 1.35. The van der Waals surface area contributed by atoms with Gasteiger partial charge in [-0.3, -0.25) is 4.90 Å². The molecule has 1 aromatic carbocycles. The second-order valence-electron chi connectivity index (χ2n) is 8.30. The van der Waals surface area contributed by atoms with Crippen molar-refractivity contribution in [2.24, 2.45) is 5.92 Å². The summed E-state index contributed by atoms with van der Waals surface area (Å²) in [6.07, 6.45) is 5.05. The third-order valence-corrected chi connectivity index (χ3v) is 5.84. The average Bonchev–Trinajstić information content (AvgIpc) is 3.27. The Morgan fingerprint density at radius 2 is 1.59 bits per heavy atom. The highest BCUT2D eigenvalue weighted by atomic mass is 16.7. The Morgan fingerprint density at radius 3 is 2.12 bits per heavy atom. The third kappa shape index (κ3) is 8.22. The molecule has 1 atom stereocenters. The number of aliphatic hydroxyl groups is 1. The van der Waals surface area contributed by atoms with Gasteiger partial charge in [-0.2, -0.15) is 0 Å². The smallest absolute Gasteiger partial charge is 0.169 e. The Balaban J connectivity index is 0.000000944. The molecule has 2 aliphatic rings. The fourth-order valence-electron chi connectivity index (χ4n) is 4.20. The van der Waals surface area contributed by atoms with Crippen molar-refractivity contribution in [1.82, 2.24) is 4.90 Å². The van der Waals surface area contributed by atoms with E-state index in [4.69, 9.17) is 24.1 Å². The molecule has 1 saturated heterocycles. The lowest BCUT2D eigenvalue weighted by Gasteiger charge is -2.38. The Kier molecular flexibility index (Phi) is 13.9. The predicted octanol–water partition coefficient (Wildman–Crippen LogP) is 5.05. The average molecular weight is 454 g/mol. The van der Waals surface area contributed by atoms with Crippen molar-refractivity contribution in [2.75, 3.05) is 47.1 Å². The lowest BCUT2D eigenvalue weighted by molar-refractivity contribution is -0.187. The van der Waals surface area contributed by atoms with Crippen molar-refractivity contribution in [3.63, 3.8) is 0 Å². The number of rotatable bonds is 9. The number of hydrogen-bond acceptors (Lipinski definition) is 6. The van der Waals surface area contributed by atoms with Crippen molar-refractivity contribution in [3.05, 3.63) is 23.3 Å². The first kappa shape index (κ1) is 28.7. The van der Waals surface area contributed by atoms with Crippen LogP contribution in [0.2, 0.25) is 0 Å². The lowest BCUT2D eigenvalue weighted by atomic mass is 9.91. The molecule has 1 unspecified atom stereocenters. The molecule has 0 amide bonds. The highest BCUT2D eigenvalue weighted by Gasteiger charge is 2.40. The highest BCUT2D eigenvalue weighted by Crippen LogP contribution is 2.36. The highest BCUT2D eigenvalue weighted by molar-refractivity contribution is 5.48. The van der Waals surface area contributed by atoms with E-state index in [0.29, 0.717) is 13.2 Å². The SMILES string of the molecule is CC.CCC.COc1cc2c(cc1OC)CN(CC(CCCCO)C1(C)OCCO1)CC2. The first-order chi connectivity index (χ1) is 15.5. The third-order valence-electron chi connectivity index (χ3n) is 5.84. The Hall–Kier alpha value is -1.34. The Bertz CT molecular complexity index is 631. The van der Waals surface area contributed by atoms with Gasteiger partial charge in [0, 0.05) is 32.2 Å². The molecule has 32 heavy (non-hydrogen) atoms. The molecule has 6 heteroatoms. The number of ether oxygens (including phenoxy) is 4. The molecular weight excluding hydrogens is 406 g/mol. The predicted molar refractivity (Wildman–Crippen MR) is 131 cm³/mol. The first-order valence-corrected chi connectivity index (χ1v) is 12.4. The van der Waals surface area contributed by atoms with Crippen LogP contribution in [-0.4, -0.2) is 62.9 Å². The maximum absolute atomic E-state index is 9.14. The molecular formula is C26H47NO5. The maximum Gasteiger partial charge on any atom is 0.169 e. The number of nitrogens with zero attached hydrogens (tertiary/aromatic N) is 1. The number of unbranched alkanes of at least 4 members (excludes halogenated alkanes) is 1. The summed E-state index contributed by atoms with van der Waals surface area (Å²) in [7, 11) is 3.36. The molecule has 186 valence electrons. The lowest BCUT2D eigenvalue weighted by Crippen LogP contribution is -2.44. The van der Waals surface area contributed by atoms with Gasteiger partial charge in [-0.1, -0.05) is 40.5 Å². The van der Waals surface area contributed by atoms with E-state index in [0.717, 1.165) is 56.8 Å². The van der Waals surface area contributed by atoms with Crippen LogP contribution in [0.3, 0.4) is 0 Å². The summed E-state index contributed by atoms with van der Waals surface area (Å²) in [6, 6.07) is 4.21. The van der Waals surface area contributed by atoms with Gasteiger partial charge in [0.1, 0.15) is 0 Å². The standard InChI is InChI=1S/C21H33NO5.C3H8.C2H6/c1-21(26-10-11-27-21)18(6-4-5-9-23)15-22-8-7-16-12-19(24-2)20(25-3)13-17(16)14-22;1-3-2;1-2/h12-13,18,23H,4-11,14-15H2,1-3H3;3H2,1-2H3;1-2H3. The molecule has 0 aromatic heterocycles. The molecule has 0 saturated carbocycles. The van der Waals surface area contributed by atoms with Gasteiger partial charge in [-0.25, -0.2) is 0 Å². The normalized spacial score (nSPS) is 17.9. The van der Waals surface area contributed by atoms with Crippen LogP contribution < -0.4 is 9.47 Å². The summed E-state index contributed by atoms with van der Waals surface area (Å²) in [6.45, 7) is 14.7. The van der Waals surface area contributed by atoms with Crippen molar-refractivity contribution in [2.45, 2.75) is 79.1 Å². The first-order valence-electron chi connectivity index (χ1n) is 12.4. The van der Waals surface area contributed by atoms with Crippen LogP contribution in [0.25, 0.3) is 0 Å². The van der Waals surface area contributed by atoms with Crippen LogP contribution in [-0.2, 0) is 22.4 Å². The van der Waals surface area contributed by atoms with Gasteiger partial charge in [-0.15, -0.1) is 0 Å². The van der Waals surface area contributed by atoms with E-state index in [1.54, 1.807) is 14.2 Å². The fourth-order valence-corrected chi connectivity index (χ4v) is 4.20. The number of fused-ring (bicyclic) bond motifs is 1. The van der Waals surface area contributed by atoms with E-state index >= 15 is 0 Å². The van der Waals surface area contributed by atoms with Crippen molar-refractivity contribution >= 4 is 0 Å². The zero-order chi connectivity index (χ0) is 24.0. The molecule has 2 heterocycles. The largest absolute Gasteiger partial charge is 0.493 e. The van der Waals surface area contributed by atoms with E-state index in [2.05, 4.69) is 37.8 Å². The van der Waals surface area contributed by atoms with Crippen molar-refractivity contribution in [1.29, 1.82) is 0 Å². The summed E-state index contributed by atoms with van der Waals surface area (Å²) in [5.41, 5.74) is 2.63. The Labute approximate surface area is 196 Å². The molecule has 6 nitrogen and oxygen atoms in total. The molecule has 3 rings (SSSR count). The second kappa shape index (κ2) is 15.5. The number of methoxy groups -OCH3 is 2. The molecule has 0 aliphatic carbocycles. The summed E-state index contributed by atoms with van der Waals surface area (Å²) < 4.78 is 22.8. The number of hydrogen-bond donors (Lipinski definition) is 1. The van der Waals surface area contributed by atoms with Crippen LogP contribution in [0.15, 0.2) is 12.1 Å². The number of aliphatic hydroxyl groups excluding tert-OH is 1. The molecule has 1 N–H and O–H groups in total. The zero-order valence-corrected chi connectivity index (χ0v) is 21.5. The molecule has 2 aliphatic heterocycles. The molecule has 1 aromatic rings. The minimum atomic E-state index is -0.521. The molecule has 0 spiro atoms. The quantitative estimate of drug-likeness (QED) is 0.528. The van der Waals surface area contributed by atoms with Gasteiger partial charge in [0.05, 0.1) is 27.4 Å². The zero-order valence-electron chi connectivity index (χ0n) is 21.5. The minimum absolute atomic E-state index is 0.240. The van der Waals surface area contributed by atoms with Gasteiger partial charge < -0.3 is 24.1 Å². The van der Waals surface area contributed by atoms with Gasteiger partial charge in [-0.05, 0) is 49.4 Å². The molecule has 0 bridgehead atoms.